The first-order chi connectivity index (χ1) is 11.0. The number of ether oxygens (including phenoxy) is 1. The van der Waals surface area contributed by atoms with E-state index in [0.717, 1.165) is 38.5 Å². The molecule has 23 heavy (non-hydrogen) atoms. The van der Waals surface area contributed by atoms with Crippen molar-refractivity contribution in [2.75, 3.05) is 32.8 Å². The van der Waals surface area contributed by atoms with Gasteiger partial charge in [0.25, 0.3) is 0 Å². The van der Waals surface area contributed by atoms with Gasteiger partial charge in [0.1, 0.15) is 0 Å². The molecule has 0 spiro atoms. The van der Waals surface area contributed by atoms with Crippen LogP contribution in [0.3, 0.4) is 0 Å². The third-order valence-electron chi connectivity index (χ3n) is 3.37. The van der Waals surface area contributed by atoms with E-state index in [1.165, 1.54) is 0 Å². The van der Waals surface area contributed by atoms with Crippen LogP contribution < -0.4 is 16.0 Å². The van der Waals surface area contributed by atoms with Gasteiger partial charge in [-0.1, -0.05) is 20.8 Å². The summed E-state index contributed by atoms with van der Waals surface area (Å²) in [6.07, 6.45) is 2.56. The fraction of sp³-hybridized carbons (Fsp3) is 0.882. The van der Waals surface area contributed by atoms with Crippen molar-refractivity contribution in [3.05, 3.63) is 0 Å². The van der Waals surface area contributed by atoms with Gasteiger partial charge in [-0.05, 0) is 32.6 Å². The van der Waals surface area contributed by atoms with Gasteiger partial charge in [-0.25, -0.2) is 0 Å². The Hall–Kier alpha value is -1.30. The van der Waals surface area contributed by atoms with Crippen molar-refractivity contribution in [3.63, 3.8) is 0 Å². The minimum atomic E-state index is 0.0754. The lowest BCUT2D eigenvalue weighted by atomic mass is 10.0. The van der Waals surface area contributed by atoms with Gasteiger partial charge in [0.15, 0.2) is 5.96 Å². The summed E-state index contributed by atoms with van der Waals surface area (Å²) in [5, 5.41) is 9.27. The van der Waals surface area contributed by atoms with Crippen molar-refractivity contribution in [2.24, 2.45) is 10.9 Å². The fourth-order valence-electron chi connectivity index (χ4n) is 2.12. The number of nitrogens with zero attached hydrogens (tertiary/aromatic N) is 1. The molecule has 0 saturated heterocycles. The van der Waals surface area contributed by atoms with Gasteiger partial charge in [0.2, 0.25) is 5.91 Å². The van der Waals surface area contributed by atoms with E-state index in [4.69, 9.17) is 4.74 Å². The average molecular weight is 329 g/mol. The summed E-state index contributed by atoms with van der Waals surface area (Å²) < 4.78 is 5.73. The van der Waals surface area contributed by atoms with Crippen LogP contribution in [-0.2, 0) is 9.53 Å². The zero-order chi connectivity index (χ0) is 17.5. The highest BCUT2D eigenvalue weighted by atomic mass is 16.5. The number of amides is 1. The second-order valence-electron chi connectivity index (χ2n) is 5.81. The quantitative estimate of drug-likeness (QED) is 0.378. The number of aliphatic imine (C=N–C) groups is 1. The van der Waals surface area contributed by atoms with Crippen LogP contribution in [0.4, 0.5) is 0 Å². The first kappa shape index (κ1) is 21.7. The topological polar surface area (TPSA) is 74.8 Å². The monoisotopic (exact) mass is 328 g/mol. The molecule has 0 heterocycles. The van der Waals surface area contributed by atoms with Gasteiger partial charge in [0, 0.05) is 39.2 Å². The molecule has 1 unspecified atom stereocenters. The Balaban J connectivity index is 4.19. The van der Waals surface area contributed by atoms with Crippen molar-refractivity contribution in [1.29, 1.82) is 0 Å². The molecular weight excluding hydrogens is 292 g/mol. The normalized spacial score (nSPS) is 13.0. The number of hydrogen-bond acceptors (Lipinski definition) is 3. The van der Waals surface area contributed by atoms with Crippen LogP contribution in [0.2, 0.25) is 0 Å². The van der Waals surface area contributed by atoms with Gasteiger partial charge < -0.3 is 20.7 Å². The fourth-order valence-corrected chi connectivity index (χ4v) is 2.12. The molecule has 0 saturated carbocycles. The lowest BCUT2D eigenvalue weighted by Crippen LogP contribution is -2.39. The Kier molecular flexibility index (Phi) is 13.5. The molecule has 0 aliphatic rings. The third kappa shape index (κ3) is 11.9. The summed E-state index contributed by atoms with van der Waals surface area (Å²) in [6, 6.07) is 0. The number of carbonyl (C=O) groups is 1. The van der Waals surface area contributed by atoms with Gasteiger partial charge >= 0.3 is 0 Å². The summed E-state index contributed by atoms with van der Waals surface area (Å²) >= 11 is 0. The van der Waals surface area contributed by atoms with E-state index in [-0.39, 0.29) is 12.0 Å². The lowest BCUT2D eigenvalue weighted by molar-refractivity contribution is -0.120. The van der Waals surface area contributed by atoms with Crippen molar-refractivity contribution in [2.45, 2.75) is 60.0 Å². The molecule has 0 aromatic heterocycles. The molecule has 0 aromatic carbocycles. The van der Waals surface area contributed by atoms with E-state index >= 15 is 0 Å². The molecule has 1 amide bonds. The summed E-state index contributed by atoms with van der Waals surface area (Å²) in [4.78, 5) is 16.1. The van der Waals surface area contributed by atoms with Crippen LogP contribution in [0.15, 0.2) is 4.99 Å². The highest BCUT2D eigenvalue weighted by Crippen LogP contribution is 2.10. The predicted octanol–water partition coefficient (Wildman–Crippen LogP) is 1.91. The largest absolute Gasteiger partial charge is 0.378 e. The van der Waals surface area contributed by atoms with Gasteiger partial charge in [-0.2, -0.15) is 0 Å². The maximum atomic E-state index is 11.6. The minimum Gasteiger partial charge on any atom is -0.378 e. The molecule has 0 fully saturated rings. The first-order valence-electron chi connectivity index (χ1n) is 8.95. The summed E-state index contributed by atoms with van der Waals surface area (Å²) in [6.45, 7) is 14.0. The highest BCUT2D eigenvalue weighted by molar-refractivity contribution is 5.81. The van der Waals surface area contributed by atoms with Crippen LogP contribution in [0.25, 0.3) is 0 Å². The third-order valence-corrected chi connectivity index (χ3v) is 3.37. The van der Waals surface area contributed by atoms with Crippen molar-refractivity contribution in [3.8, 4) is 0 Å². The van der Waals surface area contributed by atoms with E-state index in [0.29, 0.717) is 25.4 Å². The van der Waals surface area contributed by atoms with Crippen molar-refractivity contribution < 1.29 is 9.53 Å². The zero-order valence-electron chi connectivity index (χ0n) is 15.6. The number of hydrogen-bond donors (Lipinski definition) is 3. The summed E-state index contributed by atoms with van der Waals surface area (Å²) in [7, 11) is 0. The molecule has 6 nitrogen and oxygen atoms in total. The summed E-state index contributed by atoms with van der Waals surface area (Å²) in [5.41, 5.74) is 0. The Morgan fingerprint density at radius 2 is 1.83 bits per heavy atom. The van der Waals surface area contributed by atoms with Gasteiger partial charge in [0.05, 0.1) is 6.10 Å². The van der Waals surface area contributed by atoms with E-state index in [9.17, 15) is 4.79 Å². The highest BCUT2D eigenvalue weighted by Gasteiger charge is 2.12. The van der Waals surface area contributed by atoms with Gasteiger partial charge in [-0.15, -0.1) is 0 Å². The first-order valence-corrected chi connectivity index (χ1v) is 8.95. The van der Waals surface area contributed by atoms with Crippen molar-refractivity contribution in [1.82, 2.24) is 16.0 Å². The number of nitrogens with one attached hydrogen (secondary N) is 3. The van der Waals surface area contributed by atoms with E-state index in [1.54, 1.807) is 0 Å². The maximum Gasteiger partial charge on any atom is 0.221 e. The second-order valence-corrected chi connectivity index (χ2v) is 5.81. The molecule has 3 N–H and O–H groups in total. The lowest BCUT2D eigenvalue weighted by Gasteiger charge is -2.20. The zero-order valence-corrected chi connectivity index (χ0v) is 15.6. The Morgan fingerprint density at radius 1 is 1.09 bits per heavy atom. The smallest absolute Gasteiger partial charge is 0.221 e. The number of guanidine groups is 1. The van der Waals surface area contributed by atoms with Gasteiger partial charge in [-0.3, -0.25) is 9.79 Å². The minimum absolute atomic E-state index is 0.0754. The molecule has 1 atom stereocenters. The maximum absolute atomic E-state index is 11.6. The summed E-state index contributed by atoms with van der Waals surface area (Å²) in [5.74, 6) is 1.32. The Bertz CT molecular complexity index is 333. The molecule has 0 bridgehead atoms. The van der Waals surface area contributed by atoms with Crippen LogP contribution in [0.1, 0.15) is 53.9 Å². The van der Waals surface area contributed by atoms with E-state index in [1.807, 2.05) is 20.8 Å². The van der Waals surface area contributed by atoms with Crippen LogP contribution >= 0.6 is 0 Å². The standard InChI is InChI=1S/C17H36N4O2/c1-6-11-19-16(22)10-13-21-17(18-7-2)20-12-9-15(14(4)5)23-8-3/h14-15H,6-13H2,1-5H3,(H,19,22)(H2,18,20,21). The van der Waals surface area contributed by atoms with Crippen LogP contribution in [0.5, 0.6) is 0 Å². The van der Waals surface area contributed by atoms with E-state index in [2.05, 4.69) is 34.8 Å². The van der Waals surface area contributed by atoms with Crippen LogP contribution in [-0.4, -0.2) is 50.8 Å². The van der Waals surface area contributed by atoms with E-state index < -0.39 is 0 Å². The molecule has 0 aromatic rings. The molecule has 0 radical (unpaired) electrons. The molecule has 6 heteroatoms. The number of rotatable bonds is 12. The molecular formula is C17H36N4O2. The predicted molar refractivity (Wildman–Crippen MR) is 96.8 cm³/mol. The average Bonchev–Trinajstić information content (AvgIpc) is 2.51. The molecule has 0 aliphatic heterocycles. The second kappa shape index (κ2) is 14.3. The Morgan fingerprint density at radius 3 is 2.39 bits per heavy atom. The molecule has 0 rings (SSSR count). The van der Waals surface area contributed by atoms with Crippen LogP contribution in [0, 0.1) is 5.92 Å². The molecule has 0 aliphatic carbocycles. The molecule has 136 valence electrons. The number of carbonyl (C=O) groups excluding carboxylic acids is 1. The SMILES string of the molecule is CCCNC(=O)CCNC(=NCCC(OCC)C(C)C)NCC. The van der Waals surface area contributed by atoms with Crippen molar-refractivity contribution >= 4 is 11.9 Å². The Labute approximate surface area is 141 Å².